The molecule has 0 saturated carbocycles. The van der Waals surface area contributed by atoms with Gasteiger partial charge in [0.15, 0.2) is 6.10 Å². The summed E-state index contributed by atoms with van der Waals surface area (Å²) in [6, 6.07) is 0. The van der Waals surface area contributed by atoms with Crippen LogP contribution in [0.3, 0.4) is 0 Å². The molecule has 0 saturated heterocycles. The molecule has 0 aliphatic rings. The molecule has 0 spiro atoms. The molecule has 0 atom stereocenters. The third-order valence-electron chi connectivity index (χ3n) is 0.967. The summed E-state index contributed by atoms with van der Waals surface area (Å²) in [6.07, 6.45) is -1.55. The van der Waals surface area contributed by atoms with E-state index >= 15 is 0 Å². The molecule has 0 radical (unpaired) electrons. The third kappa shape index (κ3) is 10.9. The zero-order valence-electron chi connectivity index (χ0n) is 7.01. The van der Waals surface area contributed by atoms with Crippen molar-refractivity contribution in [1.29, 1.82) is 0 Å². The van der Waals surface area contributed by atoms with Gasteiger partial charge in [-0.25, -0.2) is 0 Å². The predicted octanol–water partition coefficient (Wildman–Crippen LogP) is -1.94. The maximum absolute atomic E-state index is 9.83. The van der Waals surface area contributed by atoms with Gasteiger partial charge in [-0.2, -0.15) is 0 Å². The summed E-state index contributed by atoms with van der Waals surface area (Å²) >= 11 is 0. The molecule has 0 unspecified atom stereocenters. The van der Waals surface area contributed by atoms with Crippen LogP contribution in [-0.4, -0.2) is 72.3 Å². The first kappa shape index (κ1) is 17.3. The van der Waals surface area contributed by atoms with Gasteiger partial charge in [-0.3, -0.25) is 0 Å². The molecule has 0 aliphatic carbocycles. The molecule has 0 aromatic heterocycles. The molecule has 0 aromatic rings. The summed E-state index contributed by atoms with van der Waals surface area (Å²) in [5, 5.41) is 25.5. The van der Waals surface area contributed by atoms with Crippen LogP contribution in [-0.2, 0) is 14.5 Å². The van der Waals surface area contributed by atoms with Crippen LogP contribution in [0.25, 0.3) is 0 Å². The van der Waals surface area contributed by atoms with Crippen molar-refractivity contribution in [3.8, 4) is 0 Å². The molecule has 90 valence electrons. The van der Waals surface area contributed by atoms with Crippen LogP contribution in [0.5, 0.6) is 0 Å². The van der Waals surface area contributed by atoms with Crippen molar-refractivity contribution in [2.75, 3.05) is 13.2 Å². The van der Waals surface area contributed by atoms with E-state index in [1.165, 1.54) is 0 Å². The first-order valence-corrected chi connectivity index (χ1v) is 3.27. The average Bonchev–Trinajstić information content (AvgIpc) is 2.08. The summed E-state index contributed by atoms with van der Waals surface area (Å²) in [4.78, 5) is 40.5. The monoisotopic (exact) mass is 269 g/mol. The molecule has 0 heterocycles. The molecule has 0 aliphatic heterocycles. The summed E-state index contributed by atoms with van der Waals surface area (Å²) in [6.45, 7) is -1.69. The minimum absolute atomic E-state index is 0. The van der Waals surface area contributed by atoms with Crippen LogP contribution >= 0.6 is 0 Å². The first-order valence-electron chi connectivity index (χ1n) is 3.27. The van der Waals surface area contributed by atoms with Gasteiger partial charge in [0, 0.05) is 0 Å². The van der Waals surface area contributed by atoms with Gasteiger partial charge in [0.2, 0.25) is 0 Å². The maximum atomic E-state index is 9.83. The Morgan fingerprint density at radius 2 is 1.25 bits per heavy atom. The van der Waals surface area contributed by atoms with Crippen molar-refractivity contribution in [3.63, 3.8) is 0 Å². The SMILES string of the molecule is O=[N+]([O-])OCC(CO[N+](=O)[O-])O[N+](=O)[O-].[CaH2]. The van der Waals surface area contributed by atoms with Gasteiger partial charge in [-0.15, -0.1) is 30.3 Å². The Kier molecular flexibility index (Phi) is 9.83. The van der Waals surface area contributed by atoms with E-state index in [2.05, 4.69) is 14.5 Å². The summed E-state index contributed by atoms with van der Waals surface area (Å²) in [7, 11) is 0. The Balaban J connectivity index is 0. The standard InChI is InChI=1S/C3H5N3O9.Ca.2H/c7-4(8)13-1-3(15-6(11)12)2-14-5(9)10;;;/h3H,1-2H2;;;. The normalized spacial score (nSPS) is 8.81. The molecule has 0 fully saturated rings. The van der Waals surface area contributed by atoms with E-state index in [4.69, 9.17) is 0 Å². The zero-order chi connectivity index (χ0) is 11.8. The molecule has 0 N–H and O–H groups in total. The van der Waals surface area contributed by atoms with Crippen LogP contribution in [0.4, 0.5) is 0 Å². The van der Waals surface area contributed by atoms with Gasteiger partial charge in [-0.1, -0.05) is 0 Å². The average molecular weight is 269 g/mol. The van der Waals surface area contributed by atoms with Crippen LogP contribution in [0.15, 0.2) is 0 Å². The Hall–Kier alpha value is -1.14. The summed E-state index contributed by atoms with van der Waals surface area (Å²) in [5.74, 6) is 0. The second kappa shape index (κ2) is 9.11. The van der Waals surface area contributed by atoms with Crippen molar-refractivity contribution >= 4 is 37.7 Å². The number of hydrogen-bond donors (Lipinski definition) is 0. The van der Waals surface area contributed by atoms with Crippen LogP contribution in [0.1, 0.15) is 0 Å². The Morgan fingerprint density at radius 1 is 0.875 bits per heavy atom. The van der Waals surface area contributed by atoms with Crippen LogP contribution in [0.2, 0.25) is 0 Å². The minimum atomic E-state index is -1.55. The quantitative estimate of drug-likeness (QED) is 0.277. The Bertz CT molecular complexity index is 240. The number of hydrogen-bond acceptors (Lipinski definition) is 9. The summed E-state index contributed by atoms with van der Waals surface area (Å²) in [5.41, 5.74) is 0. The Labute approximate surface area is 117 Å². The van der Waals surface area contributed by atoms with Gasteiger partial charge in [0.25, 0.3) is 15.3 Å². The van der Waals surface area contributed by atoms with Gasteiger partial charge in [0.05, 0.1) is 0 Å². The molecule has 0 rings (SSSR count). The first-order chi connectivity index (χ1) is 6.91. The molecule has 0 amide bonds. The third-order valence-corrected chi connectivity index (χ3v) is 0.967. The van der Waals surface area contributed by atoms with E-state index in [1.54, 1.807) is 0 Å². The van der Waals surface area contributed by atoms with Crippen molar-refractivity contribution < 1.29 is 29.8 Å². The van der Waals surface area contributed by atoms with E-state index in [1.807, 2.05) is 0 Å². The van der Waals surface area contributed by atoms with E-state index in [0.717, 1.165) is 0 Å². The van der Waals surface area contributed by atoms with Gasteiger partial charge in [-0.05, 0) is 0 Å². The molecular weight excluding hydrogens is 262 g/mol. The van der Waals surface area contributed by atoms with E-state index < -0.39 is 34.6 Å². The van der Waals surface area contributed by atoms with E-state index in [0.29, 0.717) is 0 Å². The fourth-order valence-corrected chi connectivity index (χ4v) is 0.519. The van der Waals surface area contributed by atoms with E-state index in [-0.39, 0.29) is 37.7 Å². The predicted molar refractivity (Wildman–Crippen MR) is 46.3 cm³/mol. The van der Waals surface area contributed by atoms with Gasteiger partial charge >= 0.3 is 37.7 Å². The molecule has 0 aromatic carbocycles. The van der Waals surface area contributed by atoms with Gasteiger partial charge in [0.1, 0.15) is 13.2 Å². The molecule has 0 bridgehead atoms. The molecule has 12 nitrogen and oxygen atoms in total. The van der Waals surface area contributed by atoms with Crippen LogP contribution in [0, 0.1) is 30.3 Å². The summed E-state index contributed by atoms with van der Waals surface area (Å²) < 4.78 is 0. The van der Waals surface area contributed by atoms with Crippen molar-refractivity contribution in [2.24, 2.45) is 0 Å². The van der Waals surface area contributed by atoms with E-state index in [9.17, 15) is 30.3 Å². The molecule has 13 heteroatoms. The van der Waals surface area contributed by atoms with Crippen molar-refractivity contribution in [2.45, 2.75) is 6.10 Å². The second-order valence-electron chi connectivity index (χ2n) is 1.99. The zero-order valence-corrected chi connectivity index (χ0v) is 7.01. The second-order valence-corrected chi connectivity index (χ2v) is 1.99. The van der Waals surface area contributed by atoms with Gasteiger partial charge < -0.3 is 14.5 Å². The Morgan fingerprint density at radius 3 is 1.50 bits per heavy atom. The molecular formula is C3H7CaN3O9. The van der Waals surface area contributed by atoms with Crippen LogP contribution < -0.4 is 0 Å². The van der Waals surface area contributed by atoms with Crippen molar-refractivity contribution in [1.82, 2.24) is 0 Å². The number of nitrogens with zero attached hydrogens (tertiary/aromatic N) is 3. The number of rotatable bonds is 8. The fourth-order valence-electron chi connectivity index (χ4n) is 0.519. The van der Waals surface area contributed by atoms with Crippen molar-refractivity contribution in [3.05, 3.63) is 30.3 Å². The topological polar surface area (TPSA) is 157 Å². The fraction of sp³-hybridized carbons (Fsp3) is 1.00. The molecule has 16 heavy (non-hydrogen) atoms.